The largest absolute Gasteiger partial charge is 0.497 e. The van der Waals surface area contributed by atoms with E-state index < -0.39 is 15.9 Å². The van der Waals surface area contributed by atoms with Gasteiger partial charge in [-0.15, -0.1) is 0 Å². The number of ether oxygens (including phenoxy) is 1. The summed E-state index contributed by atoms with van der Waals surface area (Å²) in [6.07, 6.45) is 0.166. The molecule has 32 heavy (non-hydrogen) atoms. The molecule has 0 saturated heterocycles. The van der Waals surface area contributed by atoms with E-state index >= 15 is 0 Å². The second kappa shape index (κ2) is 10.5. The van der Waals surface area contributed by atoms with Gasteiger partial charge in [0.2, 0.25) is 11.8 Å². The topological polar surface area (TPSA) is 114 Å². The number of amides is 2. The average molecular weight is 454 g/mol. The Hall–Kier alpha value is -3.85. The van der Waals surface area contributed by atoms with Crippen molar-refractivity contribution in [3.63, 3.8) is 0 Å². The molecule has 8 nitrogen and oxygen atoms in total. The zero-order valence-corrected chi connectivity index (χ0v) is 18.2. The van der Waals surface area contributed by atoms with Gasteiger partial charge in [0.05, 0.1) is 25.0 Å². The van der Waals surface area contributed by atoms with Crippen LogP contribution in [-0.4, -0.2) is 33.9 Å². The summed E-state index contributed by atoms with van der Waals surface area (Å²) in [6.45, 7) is -0.229. The van der Waals surface area contributed by atoms with Gasteiger partial charge in [0.15, 0.2) is 0 Å². The molecule has 0 fully saturated rings. The van der Waals surface area contributed by atoms with Crippen LogP contribution in [0.25, 0.3) is 0 Å². The Morgan fingerprint density at radius 2 is 1.56 bits per heavy atom. The molecule has 3 aromatic carbocycles. The van der Waals surface area contributed by atoms with Crippen molar-refractivity contribution < 1.29 is 22.7 Å². The molecule has 0 atom stereocenters. The van der Waals surface area contributed by atoms with E-state index in [-0.39, 0.29) is 23.8 Å². The summed E-state index contributed by atoms with van der Waals surface area (Å²) >= 11 is 0. The third-order valence-electron chi connectivity index (χ3n) is 4.42. The summed E-state index contributed by atoms with van der Waals surface area (Å²) in [5, 5.41) is 5.14. The number of hydrogen-bond acceptors (Lipinski definition) is 5. The molecule has 0 aliphatic carbocycles. The maximum atomic E-state index is 12.7. The molecule has 0 saturated carbocycles. The highest BCUT2D eigenvalue weighted by atomic mass is 32.2. The van der Waals surface area contributed by atoms with Crippen LogP contribution < -0.4 is 20.1 Å². The molecule has 166 valence electrons. The normalized spacial score (nSPS) is 10.8. The van der Waals surface area contributed by atoms with Gasteiger partial charge >= 0.3 is 0 Å². The van der Waals surface area contributed by atoms with Crippen LogP contribution in [-0.2, 0) is 26.0 Å². The van der Waals surface area contributed by atoms with Gasteiger partial charge in [-0.1, -0.05) is 36.4 Å². The molecule has 0 aliphatic rings. The highest BCUT2D eigenvalue weighted by Crippen LogP contribution is 2.21. The summed E-state index contributed by atoms with van der Waals surface area (Å²) in [5.74, 6) is -0.149. The summed E-state index contributed by atoms with van der Waals surface area (Å²) in [5.41, 5.74) is 1.51. The molecule has 3 rings (SSSR count). The zero-order chi connectivity index (χ0) is 23.0. The molecule has 0 heterocycles. The van der Waals surface area contributed by atoms with Gasteiger partial charge in [0.25, 0.3) is 10.0 Å². The Morgan fingerprint density at radius 3 is 2.25 bits per heavy atom. The minimum atomic E-state index is -3.86. The van der Waals surface area contributed by atoms with Crippen molar-refractivity contribution in [3.8, 4) is 5.75 Å². The number of anilines is 2. The summed E-state index contributed by atoms with van der Waals surface area (Å²) in [4.78, 5) is 24.1. The molecule has 0 aliphatic heterocycles. The smallest absolute Gasteiger partial charge is 0.261 e. The van der Waals surface area contributed by atoms with Crippen LogP contribution in [0.2, 0.25) is 0 Å². The van der Waals surface area contributed by atoms with E-state index in [1.165, 1.54) is 25.3 Å². The molecule has 0 radical (unpaired) electrons. The lowest BCUT2D eigenvalue weighted by Gasteiger charge is -2.11. The first-order valence-electron chi connectivity index (χ1n) is 9.73. The second-order valence-corrected chi connectivity index (χ2v) is 8.53. The van der Waals surface area contributed by atoms with E-state index in [1.807, 2.05) is 30.3 Å². The lowest BCUT2D eigenvalue weighted by atomic mass is 10.1. The van der Waals surface area contributed by atoms with Gasteiger partial charge in [-0.25, -0.2) is 8.42 Å². The Morgan fingerprint density at radius 1 is 0.844 bits per heavy atom. The minimum Gasteiger partial charge on any atom is -0.497 e. The first kappa shape index (κ1) is 22.8. The summed E-state index contributed by atoms with van der Waals surface area (Å²) in [6, 6.07) is 21.5. The number of nitrogens with one attached hydrogen (secondary N) is 3. The third kappa shape index (κ3) is 6.58. The van der Waals surface area contributed by atoms with E-state index in [0.717, 1.165) is 5.56 Å². The molecule has 0 aromatic heterocycles. The molecule has 0 unspecified atom stereocenters. The Kier molecular flexibility index (Phi) is 7.45. The van der Waals surface area contributed by atoms with Crippen LogP contribution in [0.1, 0.15) is 5.56 Å². The first-order valence-corrected chi connectivity index (χ1v) is 11.2. The van der Waals surface area contributed by atoms with Crippen molar-refractivity contribution in [1.82, 2.24) is 5.32 Å². The van der Waals surface area contributed by atoms with Crippen LogP contribution in [0.5, 0.6) is 5.75 Å². The fraction of sp³-hybridized carbons (Fsp3) is 0.130. The molecular weight excluding hydrogens is 430 g/mol. The monoisotopic (exact) mass is 453 g/mol. The van der Waals surface area contributed by atoms with Crippen LogP contribution in [0, 0.1) is 0 Å². The fourth-order valence-corrected chi connectivity index (χ4v) is 3.95. The molecular formula is C23H23N3O5S. The van der Waals surface area contributed by atoms with Crippen molar-refractivity contribution in [3.05, 3.63) is 84.4 Å². The van der Waals surface area contributed by atoms with E-state index in [9.17, 15) is 18.0 Å². The van der Waals surface area contributed by atoms with Gasteiger partial charge in [-0.2, -0.15) is 0 Å². The van der Waals surface area contributed by atoms with Crippen LogP contribution in [0.3, 0.4) is 0 Å². The summed E-state index contributed by atoms with van der Waals surface area (Å²) < 4.78 is 32.9. The Bertz CT molecular complexity index is 1180. The highest BCUT2D eigenvalue weighted by Gasteiger charge is 2.15. The molecule has 0 bridgehead atoms. The lowest BCUT2D eigenvalue weighted by Crippen LogP contribution is -2.33. The molecule has 3 N–H and O–H groups in total. The predicted octanol–water partition coefficient (Wildman–Crippen LogP) is 2.79. The molecule has 2 amide bonds. The van der Waals surface area contributed by atoms with Crippen LogP contribution in [0.4, 0.5) is 11.4 Å². The highest BCUT2D eigenvalue weighted by molar-refractivity contribution is 7.92. The number of benzene rings is 3. The fourth-order valence-electron chi connectivity index (χ4n) is 2.84. The average Bonchev–Trinajstić information content (AvgIpc) is 2.79. The number of rotatable bonds is 9. The number of carbonyl (C=O) groups excluding carboxylic acids is 2. The summed E-state index contributed by atoms with van der Waals surface area (Å²) in [7, 11) is -2.34. The van der Waals surface area contributed by atoms with Gasteiger partial charge in [-0.3, -0.25) is 14.3 Å². The standard InChI is InChI=1S/C23H23N3O5S/c1-31-20-12-10-18(11-13-20)26-32(29,30)21-9-5-8-19(15-21)25-23(28)16-24-22(27)14-17-6-3-2-4-7-17/h2-13,15,26H,14,16H2,1H3,(H,24,27)(H,25,28). The van der Waals surface area contributed by atoms with Crippen molar-refractivity contribution in [1.29, 1.82) is 0 Å². The predicted molar refractivity (Wildman–Crippen MR) is 122 cm³/mol. The van der Waals surface area contributed by atoms with Gasteiger partial charge in [0.1, 0.15) is 5.75 Å². The van der Waals surface area contributed by atoms with Gasteiger partial charge < -0.3 is 15.4 Å². The second-order valence-electron chi connectivity index (χ2n) is 6.85. The van der Waals surface area contributed by atoms with Crippen molar-refractivity contribution in [2.75, 3.05) is 23.7 Å². The van der Waals surface area contributed by atoms with E-state index in [1.54, 1.807) is 30.3 Å². The quantitative estimate of drug-likeness (QED) is 0.461. The van der Waals surface area contributed by atoms with Crippen LogP contribution >= 0.6 is 0 Å². The van der Waals surface area contributed by atoms with Gasteiger partial charge in [0, 0.05) is 11.4 Å². The molecule has 0 spiro atoms. The number of sulfonamides is 1. The number of carbonyl (C=O) groups is 2. The van der Waals surface area contributed by atoms with E-state index in [4.69, 9.17) is 4.74 Å². The van der Waals surface area contributed by atoms with E-state index in [2.05, 4.69) is 15.4 Å². The third-order valence-corrected chi connectivity index (χ3v) is 5.80. The zero-order valence-electron chi connectivity index (χ0n) is 17.4. The van der Waals surface area contributed by atoms with Gasteiger partial charge in [-0.05, 0) is 48.0 Å². The maximum Gasteiger partial charge on any atom is 0.261 e. The van der Waals surface area contributed by atoms with Crippen molar-refractivity contribution in [2.24, 2.45) is 0 Å². The lowest BCUT2D eigenvalue weighted by molar-refractivity contribution is -0.123. The minimum absolute atomic E-state index is 0.0146. The van der Waals surface area contributed by atoms with E-state index in [0.29, 0.717) is 17.1 Å². The number of hydrogen-bond donors (Lipinski definition) is 3. The number of methoxy groups -OCH3 is 1. The SMILES string of the molecule is COc1ccc(NS(=O)(=O)c2cccc(NC(=O)CNC(=O)Cc3ccccc3)c2)cc1. The van der Waals surface area contributed by atoms with Crippen molar-refractivity contribution >= 4 is 33.2 Å². The molecule has 9 heteroatoms. The first-order chi connectivity index (χ1) is 15.4. The van der Waals surface area contributed by atoms with Crippen molar-refractivity contribution in [2.45, 2.75) is 11.3 Å². The Labute approximate surface area is 186 Å². The van der Waals surface area contributed by atoms with Crippen LogP contribution in [0.15, 0.2) is 83.8 Å². The molecule has 3 aromatic rings. The maximum absolute atomic E-state index is 12.7. The Balaban J connectivity index is 1.57.